The summed E-state index contributed by atoms with van der Waals surface area (Å²) in [6.07, 6.45) is 5.95. The second-order valence-corrected chi connectivity index (χ2v) is 7.30. The number of aromatic nitrogens is 2. The van der Waals surface area contributed by atoms with E-state index in [1.807, 2.05) is 29.4 Å². The molecule has 1 aliphatic rings. The number of β-amino-alcohol motifs (C(OH)–C–C–N with tert-alkyl or cyclic N) is 1. The summed E-state index contributed by atoms with van der Waals surface area (Å²) in [6.45, 7) is 3.76. The maximum Gasteiger partial charge on any atom is 0.0900 e. The molecule has 23 heavy (non-hydrogen) atoms. The van der Waals surface area contributed by atoms with Gasteiger partial charge in [0.25, 0.3) is 0 Å². The van der Waals surface area contributed by atoms with Crippen LogP contribution in [0, 0.1) is 0 Å². The molecule has 0 aliphatic carbocycles. The van der Waals surface area contributed by atoms with Crippen molar-refractivity contribution in [1.29, 1.82) is 0 Å². The average Bonchev–Trinajstić information content (AvgIpc) is 3.20. The molecule has 0 radical (unpaired) electrons. The van der Waals surface area contributed by atoms with Gasteiger partial charge >= 0.3 is 0 Å². The minimum absolute atomic E-state index is 0.403. The topological polar surface area (TPSA) is 50.5 Å². The SMILES string of the molecule is Cn1cc(C2CCN(CC(O)COCc3cccs3)CC2)cn1. The van der Waals surface area contributed by atoms with Crippen LogP contribution >= 0.6 is 11.3 Å². The first-order valence-electron chi connectivity index (χ1n) is 8.20. The second kappa shape index (κ2) is 8.06. The van der Waals surface area contributed by atoms with Crippen LogP contribution in [0.25, 0.3) is 0 Å². The molecule has 6 heteroatoms. The fourth-order valence-corrected chi connectivity index (χ4v) is 3.78. The van der Waals surface area contributed by atoms with E-state index in [-0.39, 0.29) is 0 Å². The fraction of sp³-hybridized carbons (Fsp3) is 0.588. The molecule has 126 valence electrons. The van der Waals surface area contributed by atoms with Crippen molar-refractivity contribution in [3.8, 4) is 0 Å². The van der Waals surface area contributed by atoms with Crippen molar-refractivity contribution in [2.75, 3.05) is 26.2 Å². The lowest BCUT2D eigenvalue weighted by molar-refractivity contribution is 0.00695. The highest BCUT2D eigenvalue weighted by molar-refractivity contribution is 7.09. The van der Waals surface area contributed by atoms with Gasteiger partial charge in [-0.05, 0) is 48.9 Å². The van der Waals surface area contributed by atoms with E-state index in [4.69, 9.17) is 4.74 Å². The molecule has 0 saturated carbocycles. The van der Waals surface area contributed by atoms with Crippen LogP contribution in [0.3, 0.4) is 0 Å². The number of rotatable bonds is 7. The number of aryl methyl sites for hydroxylation is 1. The van der Waals surface area contributed by atoms with Crippen molar-refractivity contribution in [2.24, 2.45) is 7.05 Å². The lowest BCUT2D eigenvalue weighted by atomic mass is 9.91. The van der Waals surface area contributed by atoms with Crippen LogP contribution in [0.5, 0.6) is 0 Å². The monoisotopic (exact) mass is 335 g/mol. The van der Waals surface area contributed by atoms with E-state index < -0.39 is 6.10 Å². The highest BCUT2D eigenvalue weighted by Gasteiger charge is 2.23. The van der Waals surface area contributed by atoms with Crippen molar-refractivity contribution in [1.82, 2.24) is 14.7 Å². The van der Waals surface area contributed by atoms with Crippen LogP contribution in [0.1, 0.15) is 29.2 Å². The van der Waals surface area contributed by atoms with Crippen LogP contribution in [0.15, 0.2) is 29.9 Å². The highest BCUT2D eigenvalue weighted by Crippen LogP contribution is 2.27. The minimum Gasteiger partial charge on any atom is -0.389 e. The van der Waals surface area contributed by atoms with Crippen LogP contribution in [0.4, 0.5) is 0 Å². The van der Waals surface area contributed by atoms with Gasteiger partial charge in [0.1, 0.15) is 0 Å². The molecule has 2 aromatic rings. The van der Waals surface area contributed by atoms with Crippen LogP contribution in [0.2, 0.25) is 0 Å². The van der Waals surface area contributed by atoms with Crippen molar-refractivity contribution in [3.63, 3.8) is 0 Å². The molecule has 0 spiro atoms. The van der Waals surface area contributed by atoms with Gasteiger partial charge in [-0.25, -0.2) is 0 Å². The first-order chi connectivity index (χ1) is 11.2. The van der Waals surface area contributed by atoms with E-state index >= 15 is 0 Å². The van der Waals surface area contributed by atoms with E-state index in [2.05, 4.69) is 22.3 Å². The van der Waals surface area contributed by atoms with Crippen molar-refractivity contribution in [2.45, 2.75) is 31.5 Å². The number of hydrogen-bond donors (Lipinski definition) is 1. The van der Waals surface area contributed by atoms with Gasteiger partial charge in [0.05, 0.1) is 25.5 Å². The van der Waals surface area contributed by atoms with E-state index in [9.17, 15) is 5.11 Å². The number of hydrogen-bond acceptors (Lipinski definition) is 5. The summed E-state index contributed by atoms with van der Waals surface area (Å²) in [4.78, 5) is 3.54. The Labute approximate surface area is 141 Å². The maximum absolute atomic E-state index is 10.1. The molecule has 1 unspecified atom stereocenters. The molecule has 0 bridgehead atoms. The van der Waals surface area contributed by atoms with E-state index in [0.717, 1.165) is 25.9 Å². The Balaban J connectivity index is 1.35. The predicted octanol–water partition coefficient (Wildman–Crippen LogP) is 2.24. The molecule has 1 aliphatic heterocycles. The molecule has 1 fully saturated rings. The number of thiophene rings is 1. The number of ether oxygens (including phenoxy) is 1. The summed E-state index contributed by atoms with van der Waals surface area (Å²) in [5.74, 6) is 0.604. The Hall–Kier alpha value is -1.21. The minimum atomic E-state index is -0.412. The molecule has 0 aromatic carbocycles. The van der Waals surface area contributed by atoms with Crippen molar-refractivity contribution in [3.05, 3.63) is 40.3 Å². The number of piperidine rings is 1. The van der Waals surface area contributed by atoms with Crippen LogP contribution in [-0.2, 0) is 18.4 Å². The van der Waals surface area contributed by atoms with Crippen LogP contribution in [-0.4, -0.2) is 52.1 Å². The normalized spacial score (nSPS) is 18.3. The Kier molecular flexibility index (Phi) is 5.83. The van der Waals surface area contributed by atoms with Gasteiger partial charge < -0.3 is 14.7 Å². The lowest BCUT2D eigenvalue weighted by Crippen LogP contribution is -2.39. The molecular formula is C17H25N3O2S. The van der Waals surface area contributed by atoms with Gasteiger partial charge in [-0.15, -0.1) is 11.3 Å². The lowest BCUT2D eigenvalue weighted by Gasteiger charge is -2.32. The smallest absolute Gasteiger partial charge is 0.0900 e. The summed E-state index contributed by atoms with van der Waals surface area (Å²) in [5.41, 5.74) is 1.34. The standard InChI is InChI=1S/C17H25N3O2S/c1-19-10-15(9-18-19)14-4-6-20(7-5-14)11-16(21)12-22-13-17-3-2-8-23-17/h2-3,8-10,14,16,21H,4-7,11-13H2,1H3. The maximum atomic E-state index is 10.1. The molecular weight excluding hydrogens is 310 g/mol. The van der Waals surface area contributed by atoms with Gasteiger partial charge in [0.15, 0.2) is 0 Å². The fourth-order valence-electron chi connectivity index (χ4n) is 3.14. The summed E-state index contributed by atoms with van der Waals surface area (Å²) < 4.78 is 7.47. The molecule has 3 rings (SSSR count). The largest absolute Gasteiger partial charge is 0.389 e. The number of aliphatic hydroxyl groups excluding tert-OH is 1. The highest BCUT2D eigenvalue weighted by atomic mass is 32.1. The Morgan fingerprint density at radius 1 is 1.43 bits per heavy atom. The number of nitrogens with zero attached hydrogens (tertiary/aromatic N) is 3. The molecule has 0 amide bonds. The van der Waals surface area contributed by atoms with E-state index in [1.165, 1.54) is 10.4 Å². The van der Waals surface area contributed by atoms with Gasteiger partial charge in [-0.2, -0.15) is 5.10 Å². The molecule has 1 N–H and O–H groups in total. The summed E-state index contributed by atoms with van der Waals surface area (Å²) in [7, 11) is 1.96. The molecule has 1 saturated heterocycles. The average molecular weight is 335 g/mol. The van der Waals surface area contributed by atoms with Crippen molar-refractivity contribution < 1.29 is 9.84 Å². The zero-order valence-electron chi connectivity index (χ0n) is 13.6. The quantitative estimate of drug-likeness (QED) is 0.843. The molecule has 5 nitrogen and oxygen atoms in total. The summed E-state index contributed by atoms with van der Waals surface area (Å²) >= 11 is 1.69. The third-order valence-electron chi connectivity index (χ3n) is 4.39. The van der Waals surface area contributed by atoms with Gasteiger partial charge in [-0.1, -0.05) is 6.07 Å². The zero-order valence-corrected chi connectivity index (χ0v) is 14.4. The van der Waals surface area contributed by atoms with Gasteiger partial charge in [0, 0.05) is 24.7 Å². The van der Waals surface area contributed by atoms with Gasteiger partial charge in [0.2, 0.25) is 0 Å². The van der Waals surface area contributed by atoms with Gasteiger partial charge in [-0.3, -0.25) is 4.68 Å². The Bertz CT molecular complexity index is 576. The van der Waals surface area contributed by atoms with Crippen molar-refractivity contribution >= 4 is 11.3 Å². The first kappa shape index (κ1) is 16.6. The van der Waals surface area contributed by atoms with E-state index in [1.54, 1.807) is 11.3 Å². The molecule has 3 heterocycles. The molecule has 1 atom stereocenters. The number of likely N-dealkylation sites (tertiary alicyclic amines) is 1. The third-order valence-corrected chi connectivity index (χ3v) is 5.24. The van der Waals surface area contributed by atoms with Crippen LogP contribution < -0.4 is 0 Å². The van der Waals surface area contributed by atoms with E-state index in [0.29, 0.717) is 25.7 Å². The second-order valence-electron chi connectivity index (χ2n) is 6.27. The Morgan fingerprint density at radius 2 is 2.26 bits per heavy atom. The molecule has 2 aromatic heterocycles. The number of aliphatic hydroxyl groups is 1. The Morgan fingerprint density at radius 3 is 2.91 bits per heavy atom. The first-order valence-corrected chi connectivity index (χ1v) is 9.08. The zero-order chi connectivity index (χ0) is 16.1. The predicted molar refractivity (Wildman–Crippen MR) is 91.6 cm³/mol. The third kappa shape index (κ3) is 4.88. The summed E-state index contributed by atoms with van der Waals surface area (Å²) in [6, 6.07) is 4.08. The summed E-state index contributed by atoms with van der Waals surface area (Å²) in [5, 5.41) is 16.4.